The zero-order valence-electron chi connectivity index (χ0n) is 38.6. The molecule has 0 saturated heterocycles. The van der Waals surface area contributed by atoms with Crippen LogP contribution in [0.1, 0.15) is 152 Å². The summed E-state index contributed by atoms with van der Waals surface area (Å²) in [7, 11) is 0. The molecule has 0 radical (unpaired) electrons. The zero-order valence-corrected chi connectivity index (χ0v) is 39.4. The SMILES string of the molecule is CC(C)C1=C2[C@H]3CC[C@@H]4[C@@]5(C)CC[C@H](OC(=O)CC(C)(C)C(=O)O)C(C)(C)[C@@H]5CC[C@@]4(C)[C@]3(C)CC[C@@]2([C@H](CNCc2ccc(Cl)cc2)OC(=O)CC(C)(C)C(=O)O)CC1=O. The van der Waals surface area contributed by atoms with Crippen LogP contribution in [0.3, 0.4) is 0 Å². The van der Waals surface area contributed by atoms with Crippen molar-refractivity contribution in [1.29, 1.82) is 0 Å². The van der Waals surface area contributed by atoms with Crippen molar-refractivity contribution in [3.8, 4) is 0 Å². The molecule has 1 aromatic rings. The molecule has 61 heavy (non-hydrogen) atoms. The van der Waals surface area contributed by atoms with E-state index in [1.54, 1.807) is 13.8 Å². The molecule has 5 aliphatic carbocycles. The van der Waals surface area contributed by atoms with Crippen LogP contribution in [0, 0.1) is 61.6 Å². The summed E-state index contributed by atoms with van der Waals surface area (Å²) in [5, 5.41) is 23.8. The normalized spacial score (nSPS) is 33.8. The van der Waals surface area contributed by atoms with E-state index in [0.717, 1.165) is 56.1 Å². The van der Waals surface area contributed by atoms with Crippen molar-refractivity contribution in [2.45, 2.75) is 166 Å². The number of ether oxygens (including phenoxy) is 2. The fourth-order valence-electron chi connectivity index (χ4n) is 13.8. The van der Waals surface area contributed by atoms with Crippen LogP contribution in [0.5, 0.6) is 0 Å². The number of halogens is 1. The van der Waals surface area contributed by atoms with Gasteiger partial charge < -0.3 is 25.0 Å². The standard InChI is InChI=1S/C50H72ClNO9/c1-29(2)40-33(53)24-50(37(61-39(55)26-45(5,6)43(58)59)28-52-27-30-12-14-31(51)15-13-30)23-22-48(10)32(41(40)50)16-17-35-47(9)20-19-36(60-38(54)25-44(3,4)42(56)57)46(7,8)34(47)18-21-49(35,48)11/h12-15,29,32,34-37,52H,16-28H2,1-11H3,(H,56,57)(H,58,59)/t32-,34+,35-,36+,37+,47+,48-,49-,50+/m1/s1. The van der Waals surface area contributed by atoms with E-state index in [2.05, 4.69) is 53.8 Å². The number of benzene rings is 1. The first-order valence-electron chi connectivity index (χ1n) is 22.7. The molecule has 0 spiro atoms. The average molecular weight is 867 g/mol. The highest BCUT2D eigenvalue weighted by atomic mass is 35.5. The molecule has 4 fully saturated rings. The lowest BCUT2D eigenvalue weighted by Gasteiger charge is -2.72. The third-order valence-electron chi connectivity index (χ3n) is 17.5. The maximum atomic E-state index is 14.5. The van der Waals surface area contributed by atoms with Crippen LogP contribution in [-0.4, -0.2) is 58.6 Å². The first kappa shape index (κ1) is 47.2. The first-order valence-corrected chi connectivity index (χ1v) is 23.1. The van der Waals surface area contributed by atoms with Crippen molar-refractivity contribution >= 4 is 41.3 Å². The Hall–Kier alpha value is -3.24. The summed E-state index contributed by atoms with van der Waals surface area (Å²) in [6.07, 6.45) is 5.87. The van der Waals surface area contributed by atoms with E-state index in [0.29, 0.717) is 36.4 Å². The summed E-state index contributed by atoms with van der Waals surface area (Å²) >= 11 is 6.18. The highest BCUT2D eigenvalue weighted by Crippen LogP contribution is 2.77. The number of carboxylic acids is 2. The van der Waals surface area contributed by atoms with Gasteiger partial charge in [-0.1, -0.05) is 72.2 Å². The van der Waals surface area contributed by atoms with Gasteiger partial charge >= 0.3 is 23.9 Å². The number of carbonyl (C=O) groups excluding carboxylic acids is 3. The number of esters is 2. The van der Waals surface area contributed by atoms with Gasteiger partial charge in [0.2, 0.25) is 0 Å². The second-order valence-corrected chi connectivity index (χ2v) is 23.1. The van der Waals surface area contributed by atoms with Crippen LogP contribution in [0.25, 0.3) is 0 Å². The van der Waals surface area contributed by atoms with Gasteiger partial charge in [-0.15, -0.1) is 0 Å². The number of Topliss-reactive ketones (excluding diaryl/α,β-unsaturated/α-hetero) is 1. The Morgan fingerprint density at radius 2 is 1.41 bits per heavy atom. The third kappa shape index (κ3) is 8.12. The number of carboxylic acid groups (broad SMARTS) is 2. The third-order valence-corrected chi connectivity index (χ3v) is 17.7. The molecule has 0 aromatic heterocycles. The van der Waals surface area contributed by atoms with E-state index < -0.39 is 46.2 Å². The summed E-state index contributed by atoms with van der Waals surface area (Å²) in [4.78, 5) is 65.5. The Morgan fingerprint density at radius 1 is 0.803 bits per heavy atom. The molecule has 338 valence electrons. The lowest BCUT2D eigenvalue weighted by atomic mass is 9.33. The Balaban J connectivity index is 1.33. The smallest absolute Gasteiger partial charge is 0.309 e. The minimum Gasteiger partial charge on any atom is -0.481 e. The van der Waals surface area contributed by atoms with Crippen molar-refractivity contribution in [2.24, 2.45) is 61.6 Å². The Bertz CT molecular complexity index is 1950. The zero-order chi connectivity index (χ0) is 45.3. The maximum absolute atomic E-state index is 14.5. The minimum atomic E-state index is -1.32. The number of carbonyl (C=O) groups is 5. The van der Waals surface area contributed by atoms with Gasteiger partial charge in [0.1, 0.15) is 12.2 Å². The highest BCUT2D eigenvalue weighted by molar-refractivity contribution is 6.30. The molecule has 10 nitrogen and oxygen atoms in total. The molecule has 3 N–H and O–H groups in total. The van der Waals surface area contributed by atoms with E-state index >= 15 is 0 Å². The molecule has 0 heterocycles. The van der Waals surface area contributed by atoms with Crippen LogP contribution < -0.4 is 5.32 Å². The summed E-state index contributed by atoms with van der Waals surface area (Å²) in [6, 6.07) is 7.59. The number of ketones is 1. The first-order chi connectivity index (χ1) is 28.2. The second-order valence-electron chi connectivity index (χ2n) is 22.7. The fourth-order valence-corrected chi connectivity index (χ4v) is 14.0. The van der Waals surface area contributed by atoms with Gasteiger partial charge in [0, 0.05) is 35.4 Å². The molecular weight excluding hydrogens is 794 g/mol. The number of hydrogen-bond donors (Lipinski definition) is 3. The monoisotopic (exact) mass is 865 g/mol. The van der Waals surface area contributed by atoms with Gasteiger partial charge in [0.05, 0.1) is 23.7 Å². The summed E-state index contributed by atoms with van der Waals surface area (Å²) in [6.45, 7) is 23.2. The van der Waals surface area contributed by atoms with Gasteiger partial charge in [0.25, 0.3) is 0 Å². The molecule has 6 rings (SSSR count). The van der Waals surface area contributed by atoms with Gasteiger partial charge in [-0.05, 0) is 148 Å². The molecule has 11 heteroatoms. The molecule has 0 aliphatic heterocycles. The second kappa shape index (κ2) is 16.4. The van der Waals surface area contributed by atoms with Crippen LogP contribution in [0.4, 0.5) is 0 Å². The number of hydrogen-bond acceptors (Lipinski definition) is 8. The van der Waals surface area contributed by atoms with Crippen LogP contribution in [-0.2, 0) is 40.0 Å². The molecule has 1 aromatic carbocycles. The lowest BCUT2D eigenvalue weighted by Crippen LogP contribution is -2.66. The molecule has 4 saturated carbocycles. The van der Waals surface area contributed by atoms with Gasteiger partial charge in [-0.25, -0.2) is 0 Å². The van der Waals surface area contributed by atoms with Gasteiger partial charge in [-0.2, -0.15) is 0 Å². The van der Waals surface area contributed by atoms with Crippen molar-refractivity contribution in [3.63, 3.8) is 0 Å². The lowest BCUT2D eigenvalue weighted by molar-refractivity contribution is -0.235. The predicted molar refractivity (Wildman–Crippen MR) is 234 cm³/mol. The quantitative estimate of drug-likeness (QED) is 0.154. The molecule has 5 aliphatic rings. The van der Waals surface area contributed by atoms with E-state index in [1.807, 2.05) is 24.3 Å². The van der Waals surface area contributed by atoms with Crippen molar-refractivity contribution < 1.29 is 43.7 Å². The number of aliphatic carboxylic acids is 2. The Labute approximate surface area is 368 Å². The molecule has 0 amide bonds. The molecule has 9 atom stereocenters. The average Bonchev–Trinajstić information content (AvgIpc) is 3.46. The van der Waals surface area contributed by atoms with E-state index in [-0.39, 0.29) is 64.6 Å². The number of rotatable bonds is 14. The van der Waals surface area contributed by atoms with E-state index in [9.17, 15) is 34.2 Å². The van der Waals surface area contributed by atoms with Crippen molar-refractivity contribution in [1.82, 2.24) is 5.32 Å². The van der Waals surface area contributed by atoms with Crippen molar-refractivity contribution in [2.75, 3.05) is 6.54 Å². The largest absolute Gasteiger partial charge is 0.481 e. The predicted octanol–water partition coefficient (Wildman–Crippen LogP) is 10.2. The topological polar surface area (TPSA) is 156 Å². The molecular formula is C50H72ClNO9. The van der Waals surface area contributed by atoms with Crippen molar-refractivity contribution in [3.05, 3.63) is 46.0 Å². The molecule has 0 bridgehead atoms. The number of fused-ring (bicyclic) bond motifs is 7. The minimum absolute atomic E-state index is 0.0188. The summed E-state index contributed by atoms with van der Waals surface area (Å²) in [5.41, 5.74) is -0.716. The summed E-state index contributed by atoms with van der Waals surface area (Å²) < 4.78 is 12.7. The van der Waals surface area contributed by atoms with Crippen LogP contribution in [0.15, 0.2) is 35.4 Å². The van der Waals surface area contributed by atoms with Gasteiger partial charge in [-0.3, -0.25) is 24.0 Å². The van der Waals surface area contributed by atoms with Crippen LogP contribution in [0.2, 0.25) is 5.02 Å². The summed E-state index contributed by atoms with van der Waals surface area (Å²) in [5.74, 6) is -2.22. The van der Waals surface area contributed by atoms with Crippen LogP contribution >= 0.6 is 11.6 Å². The van der Waals surface area contributed by atoms with E-state index in [4.69, 9.17) is 21.1 Å². The number of allylic oxidation sites excluding steroid dienone is 1. The number of nitrogens with one attached hydrogen (secondary N) is 1. The van der Waals surface area contributed by atoms with E-state index in [1.165, 1.54) is 19.4 Å². The maximum Gasteiger partial charge on any atom is 0.309 e. The Morgan fingerprint density at radius 3 is 2.00 bits per heavy atom. The van der Waals surface area contributed by atoms with Gasteiger partial charge in [0.15, 0.2) is 5.78 Å². The molecule has 0 unspecified atom stereocenters. The highest BCUT2D eigenvalue weighted by Gasteiger charge is 2.71. The fraction of sp³-hybridized carbons (Fsp3) is 0.740. The Kier molecular flexibility index (Phi) is 12.7.